The maximum absolute atomic E-state index is 11.6. The SMILES string of the molecule is CCCCCCC(CCCC)C1CCOC1=O. The number of carbonyl (C=O) groups excluding carboxylic acids is 1. The fourth-order valence-corrected chi connectivity index (χ4v) is 2.79. The summed E-state index contributed by atoms with van der Waals surface area (Å²) in [6.07, 6.45) is 11.1. The highest BCUT2D eigenvalue weighted by molar-refractivity contribution is 5.74. The van der Waals surface area contributed by atoms with E-state index in [1.807, 2.05) is 0 Å². The second-order valence-corrected chi connectivity index (χ2v) is 5.31. The molecule has 0 aliphatic carbocycles. The summed E-state index contributed by atoms with van der Waals surface area (Å²) >= 11 is 0. The van der Waals surface area contributed by atoms with Crippen LogP contribution >= 0.6 is 0 Å². The lowest BCUT2D eigenvalue weighted by Gasteiger charge is -2.20. The smallest absolute Gasteiger partial charge is 0.309 e. The second-order valence-electron chi connectivity index (χ2n) is 5.31. The first kappa shape index (κ1) is 14.5. The fraction of sp³-hybridized carbons (Fsp3) is 0.933. The minimum absolute atomic E-state index is 0.0709. The summed E-state index contributed by atoms with van der Waals surface area (Å²) in [5.74, 6) is 0.867. The van der Waals surface area contributed by atoms with E-state index in [1.54, 1.807) is 0 Å². The van der Waals surface area contributed by atoms with Gasteiger partial charge in [-0.05, 0) is 25.2 Å². The number of carbonyl (C=O) groups is 1. The summed E-state index contributed by atoms with van der Waals surface area (Å²) in [6, 6.07) is 0. The summed E-state index contributed by atoms with van der Waals surface area (Å²) in [6.45, 7) is 5.12. The van der Waals surface area contributed by atoms with Gasteiger partial charge in [0.1, 0.15) is 0 Å². The third-order valence-electron chi connectivity index (χ3n) is 3.90. The van der Waals surface area contributed by atoms with Crippen molar-refractivity contribution >= 4 is 5.97 Å². The first-order valence-electron chi connectivity index (χ1n) is 7.46. The number of hydrogen-bond donors (Lipinski definition) is 0. The normalized spacial score (nSPS) is 21.5. The van der Waals surface area contributed by atoms with Crippen LogP contribution in [0.2, 0.25) is 0 Å². The van der Waals surface area contributed by atoms with Crippen LogP contribution in [0.3, 0.4) is 0 Å². The van der Waals surface area contributed by atoms with Crippen LogP contribution < -0.4 is 0 Å². The Labute approximate surface area is 106 Å². The lowest BCUT2D eigenvalue weighted by Crippen LogP contribution is -2.19. The Kier molecular flexibility index (Phi) is 7.30. The first-order valence-corrected chi connectivity index (χ1v) is 7.46. The molecular formula is C15H28O2. The molecule has 1 saturated heterocycles. The van der Waals surface area contributed by atoms with E-state index in [0.29, 0.717) is 12.5 Å². The van der Waals surface area contributed by atoms with Crippen molar-refractivity contribution < 1.29 is 9.53 Å². The van der Waals surface area contributed by atoms with Crippen LogP contribution in [-0.2, 0) is 9.53 Å². The van der Waals surface area contributed by atoms with Crippen molar-refractivity contribution in [3.8, 4) is 0 Å². The molecule has 0 aromatic carbocycles. The molecule has 0 saturated carbocycles. The van der Waals surface area contributed by atoms with E-state index in [4.69, 9.17) is 4.74 Å². The van der Waals surface area contributed by atoms with E-state index < -0.39 is 0 Å². The number of unbranched alkanes of at least 4 members (excludes halogenated alkanes) is 4. The van der Waals surface area contributed by atoms with Crippen LogP contribution in [0.1, 0.15) is 71.6 Å². The Morgan fingerprint density at radius 3 is 2.41 bits per heavy atom. The van der Waals surface area contributed by atoms with Crippen molar-refractivity contribution in [2.24, 2.45) is 11.8 Å². The molecule has 2 heteroatoms. The Morgan fingerprint density at radius 2 is 1.82 bits per heavy atom. The molecule has 0 radical (unpaired) electrons. The van der Waals surface area contributed by atoms with Crippen LogP contribution in [-0.4, -0.2) is 12.6 Å². The van der Waals surface area contributed by atoms with E-state index in [2.05, 4.69) is 13.8 Å². The van der Waals surface area contributed by atoms with E-state index in [0.717, 1.165) is 6.42 Å². The van der Waals surface area contributed by atoms with Gasteiger partial charge in [-0.15, -0.1) is 0 Å². The monoisotopic (exact) mass is 240 g/mol. The standard InChI is InChI=1S/C15H28O2/c1-3-5-7-8-10-13(9-6-4-2)14-11-12-17-15(14)16/h13-14H,3-12H2,1-2H3. The molecule has 0 aromatic heterocycles. The lowest BCUT2D eigenvalue weighted by molar-refractivity contribution is -0.142. The van der Waals surface area contributed by atoms with Gasteiger partial charge in [0.2, 0.25) is 0 Å². The minimum Gasteiger partial charge on any atom is -0.465 e. The summed E-state index contributed by atoms with van der Waals surface area (Å²) < 4.78 is 5.11. The summed E-state index contributed by atoms with van der Waals surface area (Å²) in [5.41, 5.74) is 0. The van der Waals surface area contributed by atoms with Crippen molar-refractivity contribution in [3.63, 3.8) is 0 Å². The predicted molar refractivity (Wildman–Crippen MR) is 70.8 cm³/mol. The second kappa shape index (κ2) is 8.54. The fourth-order valence-electron chi connectivity index (χ4n) is 2.79. The molecule has 2 atom stereocenters. The molecule has 1 rings (SSSR count). The van der Waals surface area contributed by atoms with Crippen LogP contribution in [0.25, 0.3) is 0 Å². The van der Waals surface area contributed by atoms with Gasteiger partial charge in [-0.25, -0.2) is 0 Å². The van der Waals surface area contributed by atoms with Gasteiger partial charge < -0.3 is 4.74 Å². The van der Waals surface area contributed by atoms with Crippen LogP contribution in [0.5, 0.6) is 0 Å². The third kappa shape index (κ3) is 5.10. The van der Waals surface area contributed by atoms with Crippen molar-refractivity contribution in [1.29, 1.82) is 0 Å². The Bertz CT molecular complexity index is 213. The molecule has 0 spiro atoms. The summed E-state index contributed by atoms with van der Waals surface area (Å²) in [7, 11) is 0. The minimum atomic E-state index is 0.0709. The Morgan fingerprint density at radius 1 is 1.12 bits per heavy atom. The zero-order chi connectivity index (χ0) is 12.5. The largest absolute Gasteiger partial charge is 0.465 e. The molecule has 0 aromatic rings. The molecule has 1 aliphatic rings. The lowest BCUT2D eigenvalue weighted by atomic mass is 9.83. The quantitative estimate of drug-likeness (QED) is 0.443. The number of esters is 1. The Balaban J connectivity index is 2.33. The molecule has 0 bridgehead atoms. The topological polar surface area (TPSA) is 26.3 Å². The molecule has 1 fully saturated rings. The van der Waals surface area contributed by atoms with E-state index >= 15 is 0 Å². The molecule has 0 amide bonds. The average molecular weight is 240 g/mol. The molecule has 1 heterocycles. The van der Waals surface area contributed by atoms with E-state index in [9.17, 15) is 4.79 Å². The van der Waals surface area contributed by atoms with Crippen LogP contribution in [0.15, 0.2) is 0 Å². The average Bonchev–Trinajstić information content (AvgIpc) is 2.75. The van der Waals surface area contributed by atoms with Gasteiger partial charge in [0.15, 0.2) is 0 Å². The number of hydrogen-bond acceptors (Lipinski definition) is 2. The van der Waals surface area contributed by atoms with Gasteiger partial charge in [0, 0.05) is 0 Å². The predicted octanol–water partition coefficient (Wildman–Crippen LogP) is 4.33. The van der Waals surface area contributed by atoms with Crippen LogP contribution in [0, 0.1) is 11.8 Å². The van der Waals surface area contributed by atoms with Crippen molar-refractivity contribution in [3.05, 3.63) is 0 Å². The number of ether oxygens (including phenoxy) is 1. The highest BCUT2D eigenvalue weighted by atomic mass is 16.5. The van der Waals surface area contributed by atoms with Gasteiger partial charge in [-0.2, -0.15) is 0 Å². The molecule has 2 nitrogen and oxygen atoms in total. The number of rotatable bonds is 9. The van der Waals surface area contributed by atoms with Gasteiger partial charge >= 0.3 is 5.97 Å². The van der Waals surface area contributed by atoms with Crippen molar-refractivity contribution in [1.82, 2.24) is 0 Å². The highest BCUT2D eigenvalue weighted by Gasteiger charge is 2.33. The van der Waals surface area contributed by atoms with Crippen LogP contribution in [0.4, 0.5) is 0 Å². The van der Waals surface area contributed by atoms with E-state index in [-0.39, 0.29) is 11.9 Å². The maximum atomic E-state index is 11.6. The molecule has 2 unspecified atom stereocenters. The summed E-state index contributed by atoms with van der Waals surface area (Å²) in [5, 5.41) is 0. The highest BCUT2D eigenvalue weighted by Crippen LogP contribution is 2.31. The zero-order valence-corrected chi connectivity index (χ0v) is 11.5. The van der Waals surface area contributed by atoms with Crippen molar-refractivity contribution in [2.45, 2.75) is 71.6 Å². The molecular weight excluding hydrogens is 212 g/mol. The third-order valence-corrected chi connectivity index (χ3v) is 3.90. The molecule has 0 N–H and O–H groups in total. The van der Waals surface area contributed by atoms with Gasteiger partial charge in [0.25, 0.3) is 0 Å². The van der Waals surface area contributed by atoms with Gasteiger partial charge in [-0.1, -0.05) is 52.4 Å². The number of cyclic esters (lactones) is 1. The summed E-state index contributed by atoms with van der Waals surface area (Å²) in [4.78, 5) is 11.6. The van der Waals surface area contributed by atoms with E-state index in [1.165, 1.54) is 51.4 Å². The van der Waals surface area contributed by atoms with Gasteiger partial charge in [-0.3, -0.25) is 4.79 Å². The first-order chi connectivity index (χ1) is 8.29. The van der Waals surface area contributed by atoms with Crippen molar-refractivity contribution in [2.75, 3.05) is 6.61 Å². The molecule has 1 aliphatic heterocycles. The van der Waals surface area contributed by atoms with Gasteiger partial charge in [0.05, 0.1) is 12.5 Å². The molecule has 17 heavy (non-hydrogen) atoms. The molecule has 100 valence electrons. The zero-order valence-electron chi connectivity index (χ0n) is 11.5. The maximum Gasteiger partial charge on any atom is 0.309 e. The Hall–Kier alpha value is -0.530.